The van der Waals surface area contributed by atoms with Gasteiger partial charge in [0.05, 0.1) is 0 Å². The summed E-state index contributed by atoms with van der Waals surface area (Å²) >= 11 is 4.97. The fourth-order valence-corrected chi connectivity index (χ4v) is 1.88. The molecule has 1 amide bonds. The first-order chi connectivity index (χ1) is 9.59. The predicted molar refractivity (Wildman–Crippen MR) is 77.3 cm³/mol. The van der Waals surface area contributed by atoms with Crippen LogP contribution >= 0.6 is 11.6 Å². The van der Waals surface area contributed by atoms with E-state index in [1.165, 1.54) is 0 Å². The van der Waals surface area contributed by atoms with Crippen molar-refractivity contribution in [2.45, 2.75) is 19.4 Å². The van der Waals surface area contributed by atoms with Crippen LogP contribution in [0.15, 0.2) is 30.3 Å². The number of benzene rings is 1. The molecule has 3 N–H and O–H groups in total. The molecule has 0 aromatic heterocycles. The summed E-state index contributed by atoms with van der Waals surface area (Å²) in [5, 5.41) is 3.16. The second kappa shape index (κ2) is 9.34. The van der Waals surface area contributed by atoms with Crippen LogP contribution in [0.2, 0.25) is 0 Å². The van der Waals surface area contributed by atoms with Gasteiger partial charge in [0.1, 0.15) is 6.61 Å². The largest absolute Gasteiger partial charge is 0.449 e. The fourth-order valence-electron chi connectivity index (χ4n) is 1.82. The quantitative estimate of drug-likeness (QED) is 0.837. The van der Waals surface area contributed by atoms with Gasteiger partial charge in [-0.25, -0.2) is 4.79 Å². The molecule has 0 radical (unpaired) electrons. The molecule has 1 fully saturated rings. The van der Waals surface area contributed by atoms with Gasteiger partial charge in [0, 0.05) is 17.5 Å². The summed E-state index contributed by atoms with van der Waals surface area (Å²) in [5.41, 5.74) is 5.26. The maximum Gasteiger partial charge on any atom is 0.404 e. The molecule has 110 valence electrons. The van der Waals surface area contributed by atoms with Crippen LogP contribution in [0.5, 0.6) is 0 Å². The van der Waals surface area contributed by atoms with Gasteiger partial charge in [-0.1, -0.05) is 30.3 Å². The van der Waals surface area contributed by atoms with Crippen molar-refractivity contribution in [1.82, 2.24) is 5.32 Å². The van der Waals surface area contributed by atoms with Crippen LogP contribution in [0.4, 0.5) is 4.79 Å². The first kappa shape index (κ1) is 16.5. The highest BCUT2D eigenvalue weighted by molar-refractivity contribution is 6.61. The maximum atomic E-state index is 10.5. The van der Waals surface area contributed by atoms with Crippen molar-refractivity contribution < 1.29 is 14.3 Å². The summed E-state index contributed by atoms with van der Waals surface area (Å²) in [7, 11) is 0. The van der Waals surface area contributed by atoms with Gasteiger partial charge in [0.2, 0.25) is 5.91 Å². The van der Waals surface area contributed by atoms with Crippen molar-refractivity contribution in [3.8, 4) is 0 Å². The predicted octanol–water partition coefficient (Wildman–Crippen LogP) is 2.03. The molecule has 1 aliphatic rings. The zero-order chi connectivity index (χ0) is 14.8. The molecule has 1 saturated heterocycles. The van der Waals surface area contributed by atoms with Gasteiger partial charge in [0.25, 0.3) is 0 Å². The number of nitrogens with two attached hydrogens (primary N) is 1. The lowest BCUT2D eigenvalue weighted by Gasteiger charge is -2.18. The highest BCUT2D eigenvalue weighted by Crippen LogP contribution is 2.09. The minimum atomic E-state index is -0.770. The number of carbonyl (C=O) groups is 2. The van der Waals surface area contributed by atoms with Gasteiger partial charge >= 0.3 is 5.43 Å². The second-order valence-electron chi connectivity index (χ2n) is 4.44. The number of amides is 1. The lowest BCUT2D eigenvalue weighted by molar-refractivity contribution is -0.122. The molecule has 1 aromatic rings. The first-order valence-corrected chi connectivity index (χ1v) is 6.83. The molecule has 0 atom stereocenters. The molecular weight excluding hydrogens is 280 g/mol. The summed E-state index contributed by atoms with van der Waals surface area (Å²) in [5.74, 6) is -0.0113. The Hall–Kier alpha value is -1.59. The third-order valence-electron chi connectivity index (χ3n) is 2.94. The van der Waals surface area contributed by atoms with E-state index in [1.54, 1.807) is 0 Å². The SMILES string of the molecule is NC(=O)C1CCNCC1.O=C(Cl)OCc1ccccc1. The van der Waals surface area contributed by atoms with Gasteiger partial charge in [-0.3, -0.25) is 4.79 Å². The molecule has 0 saturated carbocycles. The molecule has 2 rings (SSSR count). The summed E-state index contributed by atoms with van der Waals surface area (Å²) in [4.78, 5) is 20.7. The third-order valence-corrected chi connectivity index (χ3v) is 3.05. The van der Waals surface area contributed by atoms with Gasteiger partial charge < -0.3 is 15.8 Å². The summed E-state index contributed by atoms with van der Waals surface area (Å²) in [6.07, 6.45) is 1.82. The molecule has 5 nitrogen and oxygen atoms in total. The summed E-state index contributed by atoms with van der Waals surface area (Å²) in [6.45, 7) is 2.12. The van der Waals surface area contributed by atoms with E-state index in [4.69, 9.17) is 17.3 Å². The minimum Gasteiger partial charge on any atom is -0.449 e. The van der Waals surface area contributed by atoms with Crippen LogP contribution < -0.4 is 11.1 Å². The Morgan fingerprint density at radius 3 is 2.30 bits per heavy atom. The molecule has 1 aliphatic heterocycles. The van der Waals surface area contributed by atoms with Crippen LogP contribution in [-0.4, -0.2) is 24.4 Å². The standard InChI is InChI=1S/C8H7ClO2.C6H12N2O/c9-8(10)11-6-7-4-2-1-3-5-7;7-6(9)5-1-3-8-4-2-5/h1-5H,6H2;5,8H,1-4H2,(H2,7,9). The Morgan fingerprint density at radius 1 is 1.25 bits per heavy atom. The number of carbonyl (C=O) groups excluding carboxylic acids is 2. The number of hydrogen-bond donors (Lipinski definition) is 2. The van der Waals surface area contributed by atoms with E-state index in [0.29, 0.717) is 0 Å². The number of rotatable bonds is 3. The number of primary amides is 1. The van der Waals surface area contributed by atoms with Crippen LogP contribution in [0, 0.1) is 5.92 Å². The van der Waals surface area contributed by atoms with Crippen molar-refractivity contribution in [2.75, 3.05) is 13.1 Å². The van der Waals surface area contributed by atoms with Crippen molar-refractivity contribution in [3.05, 3.63) is 35.9 Å². The van der Waals surface area contributed by atoms with E-state index < -0.39 is 5.43 Å². The number of halogens is 1. The average Bonchev–Trinajstić information content (AvgIpc) is 2.48. The van der Waals surface area contributed by atoms with Crippen LogP contribution in [0.1, 0.15) is 18.4 Å². The second-order valence-corrected chi connectivity index (χ2v) is 4.75. The van der Waals surface area contributed by atoms with E-state index in [1.807, 2.05) is 30.3 Å². The van der Waals surface area contributed by atoms with Crippen molar-refractivity contribution >= 4 is 22.9 Å². The third kappa shape index (κ3) is 7.11. The normalized spacial score (nSPS) is 14.8. The Labute approximate surface area is 123 Å². The Kier molecular flexibility index (Phi) is 7.69. The highest BCUT2D eigenvalue weighted by atomic mass is 35.5. The lowest BCUT2D eigenvalue weighted by Crippen LogP contribution is -2.34. The topological polar surface area (TPSA) is 81.4 Å². The van der Waals surface area contributed by atoms with Crippen LogP contribution in [-0.2, 0) is 16.1 Å². The number of nitrogens with one attached hydrogen (secondary N) is 1. The Morgan fingerprint density at radius 2 is 1.85 bits per heavy atom. The van der Waals surface area contributed by atoms with E-state index in [9.17, 15) is 9.59 Å². The zero-order valence-electron chi connectivity index (χ0n) is 11.2. The van der Waals surface area contributed by atoms with Crippen molar-refractivity contribution in [3.63, 3.8) is 0 Å². The molecule has 0 aliphatic carbocycles. The van der Waals surface area contributed by atoms with E-state index in [2.05, 4.69) is 10.1 Å². The van der Waals surface area contributed by atoms with E-state index >= 15 is 0 Å². The van der Waals surface area contributed by atoms with E-state index in [0.717, 1.165) is 31.5 Å². The number of piperidine rings is 1. The molecule has 0 bridgehead atoms. The van der Waals surface area contributed by atoms with Crippen LogP contribution in [0.3, 0.4) is 0 Å². The molecule has 20 heavy (non-hydrogen) atoms. The minimum absolute atomic E-state index is 0.131. The Bertz CT molecular complexity index is 420. The van der Waals surface area contributed by atoms with Crippen molar-refractivity contribution in [2.24, 2.45) is 11.7 Å². The number of ether oxygens (including phenoxy) is 1. The molecular formula is C14H19ClN2O3. The smallest absolute Gasteiger partial charge is 0.404 e. The zero-order valence-corrected chi connectivity index (χ0v) is 11.9. The lowest BCUT2D eigenvalue weighted by atomic mass is 9.98. The maximum absolute atomic E-state index is 10.5. The van der Waals surface area contributed by atoms with Gasteiger partial charge in [-0.05, 0) is 31.5 Å². The molecule has 6 heteroatoms. The van der Waals surface area contributed by atoms with Crippen LogP contribution in [0.25, 0.3) is 0 Å². The Balaban J connectivity index is 0.000000204. The summed E-state index contributed by atoms with van der Waals surface area (Å²) in [6, 6.07) is 9.36. The average molecular weight is 299 g/mol. The summed E-state index contributed by atoms with van der Waals surface area (Å²) < 4.78 is 4.55. The van der Waals surface area contributed by atoms with Gasteiger partial charge in [-0.15, -0.1) is 0 Å². The molecule has 0 spiro atoms. The van der Waals surface area contributed by atoms with E-state index in [-0.39, 0.29) is 18.4 Å². The van der Waals surface area contributed by atoms with Gasteiger partial charge in [-0.2, -0.15) is 0 Å². The fraction of sp³-hybridized carbons (Fsp3) is 0.429. The molecule has 1 aromatic carbocycles. The number of hydrogen-bond acceptors (Lipinski definition) is 4. The monoisotopic (exact) mass is 298 g/mol. The van der Waals surface area contributed by atoms with Crippen molar-refractivity contribution in [1.29, 1.82) is 0 Å². The first-order valence-electron chi connectivity index (χ1n) is 6.46. The van der Waals surface area contributed by atoms with Gasteiger partial charge in [0.15, 0.2) is 0 Å². The molecule has 0 unspecified atom stereocenters. The molecule has 1 heterocycles. The highest BCUT2D eigenvalue weighted by Gasteiger charge is 2.17.